The van der Waals surface area contributed by atoms with E-state index in [4.69, 9.17) is 0 Å². The van der Waals surface area contributed by atoms with Gasteiger partial charge in [0, 0.05) is 30.2 Å². The maximum atomic E-state index is 13.0. The highest BCUT2D eigenvalue weighted by Gasteiger charge is 2.32. The van der Waals surface area contributed by atoms with Gasteiger partial charge in [0.25, 0.3) is 0 Å². The number of rotatable bonds is 5. The first-order chi connectivity index (χ1) is 14.4. The number of nitrogens with one attached hydrogen (secondary N) is 1. The lowest BCUT2D eigenvalue weighted by Crippen LogP contribution is -2.08. The molecule has 0 amide bonds. The largest absolute Gasteiger partial charge is 0.416 e. The molecule has 152 valence electrons. The first-order valence-corrected chi connectivity index (χ1v) is 9.24. The molecule has 30 heavy (non-hydrogen) atoms. The Morgan fingerprint density at radius 3 is 2.50 bits per heavy atom. The minimum atomic E-state index is -4.38. The minimum absolute atomic E-state index is 0.136. The molecule has 0 aliphatic heterocycles. The molecule has 5 nitrogen and oxygen atoms in total. The highest BCUT2D eigenvalue weighted by atomic mass is 19.4. The monoisotopic (exact) mass is 409 g/mol. The summed E-state index contributed by atoms with van der Waals surface area (Å²) in [5.74, 6) is 0.477. The van der Waals surface area contributed by atoms with Crippen molar-refractivity contribution >= 4 is 5.69 Å². The lowest BCUT2D eigenvalue weighted by atomic mass is 10.1. The van der Waals surface area contributed by atoms with Crippen LogP contribution in [-0.4, -0.2) is 19.7 Å². The van der Waals surface area contributed by atoms with E-state index >= 15 is 0 Å². The first-order valence-electron chi connectivity index (χ1n) is 9.24. The number of anilines is 1. The molecular weight excluding hydrogens is 391 g/mol. The molecule has 0 saturated carbocycles. The molecule has 0 bridgehead atoms. The number of hydrogen-bond donors (Lipinski definition) is 1. The lowest BCUT2D eigenvalue weighted by molar-refractivity contribution is -0.138. The summed E-state index contributed by atoms with van der Waals surface area (Å²) in [6, 6.07) is 15.4. The van der Waals surface area contributed by atoms with Crippen molar-refractivity contribution in [3.05, 3.63) is 90.0 Å². The van der Waals surface area contributed by atoms with Crippen LogP contribution in [0.15, 0.2) is 73.3 Å². The van der Waals surface area contributed by atoms with Gasteiger partial charge in [-0.05, 0) is 60.5 Å². The summed E-state index contributed by atoms with van der Waals surface area (Å²) in [7, 11) is 0. The molecule has 0 radical (unpaired) electrons. The summed E-state index contributed by atoms with van der Waals surface area (Å²) in [6.45, 7) is 2.04. The van der Waals surface area contributed by atoms with Crippen molar-refractivity contribution in [2.24, 2.45) is 0 Å². The zero-order chi connectivity index (χ0) is 21.1. The molecular formula is C22H18F3N5. The van der Waals surface area contributed by atoms with Crippen LogP contribution in [0.3, 0.4) is 0 Å². The zero-order valence-corrected chi connectivity index (χ0v) is 16.1. The van der Waals surface area contributed by atoms with E-state index in [0.29, 0.717) is 18.1 Å². The number of nitrogens with zero attached hydrogens (tertiary/aromatic N) is 4. The number of hydrogen-bond acceptors (Lipinski definition) is 4. The van der Waals surface area contributed by atoms with E-state index in [1.54, 1.807) is 12.4 Å². The maximum absolute atomic E-state index is 13.0. The van der Waals surface area contributed by atoms with E-state index in [9.17, 15) is 13.2 Å². The summed E-state index contributed by atoms with van der Waals surface area (Å²) >= 11 is 0. The fraction of sp³-hybridized carbons (Fsp3) is 0.136. The fourth-order valence-electron chi connectivity index (χ4n) is 3.15. The van der Waals surface area contributed by atoms with Crippen molar-refractivity contribution in [1.29, 1.82) is 0 Å². The van der Waals surface area contributed by atoms with Crippen LogP contribution in [0, 0.1) is 6.92 Å². The van der Waals surface area contributed by atoms with Crippen molar-refractivity contribution in [3.8, 4) is 17.1 Å². The summed E-state index contributed by atoms with van der Waals surface area (Å²) in [4.78, 5) is 8.37. The van der Waals surface area contributed by atoms with Gasteiger partial charge in [-0.25, -0.2) is 9.67 Å². The summed E-state index contributed by atoms with van der Waals surface area (Å²) in [5, 5.41) is 7.84. The number of aromatic nitrogens is 4. The molecule has 2 aromatic heterocycles. The second-order valence-corrected chi connectivity index (χ2v) is 6.76. The van der Waals surface area contributed by atoms with Gasteiger partial charge < -0.3 is 5.32 Å². The standard InChI is InChI=1S/C22H18F3N5/c1-15-12-17(6-7-19(15)22(23,24)25)30-14-28-21(29-30)18-4-2-3-5-20(18)27-13-16-8-10-26-11-9-16/h2-12,14,27H,13H2,1H3. The van der Waals surface area contributed by atoms with Gasteiger partial charge in [-0.2, -0.15) is 13.2 Å². The molecule has 0 fully saturated rings. The average molecular weight is 409 g/mol. The number of halogens is 3. The third-order valence-corrected chi connectivity index (χ3v) is 4.67. The van der Waals surface area contributed by atoms with E-state index in [-0.39, 0.29) is 5.56 Å². The van der Waals surface area contributed by atoms with Crippen LogP contribution in [0.2, 0.25) is 0 Å². The zero-order valence-electron chi connectivity index (χ0n) is 16.1. The van der Waals surface area contributed by atoms with Crippen molar-refractivity contribution in [2.45, 2.75) is 19.6 Å². The topological polar surface area (TPSA) is 55.6 Å². The smallest absolute Gasteiger partial charge is 0.380 e. The van der Waals surface area contributed by atoms with Gasteiger partial charge in [0.2, 0.25) is 0 Å². The van der Waals surface area contributed by atoms with E-state index < -0.39 is 11.7 Å². The summed E-state index contributed by atoms with van der Waals surface area (Å²) < 4.78 is 40.5. The van der Waals surface area contributed by atoms with E-state index in [0.717, 1.165) is 22.9 Å². The van der Waals surface area contributed by atoms with Crippen LogP contribution in [0.1, 0.15) is 16.7 Å². The summed E-state index contributed by atoms with van der Waals surface area (Å²) in [5.41, 5.74) is 2.73. The van der Waals surface area contributed by atoms with Gasteiger partial charge in [-0.1, -0.05) is 12.1 Å². The number of alkyl halides is 3. The SMILES string of the molecule is Cc1cc(-n2cnc(-c3ccccc3NCc3ccncc3)n2)ccc1C(F)(F)F. The number of benzene rings is 2. The number of pyridine rings is 1. The highest BCUT2D eigenvalue weighted by molar-refractivity contribution is 5.73. The molecule has 0 atom stereocenters. The maximum Gasteiger partial charge on any atom is 0.416 e. The molecule has 4 rings (SSSR count). The van der Waals surface area contributed by atoms with E-state index in [1.165, 1.54) is 30.1 Å². The Kier molecular flexibility index (Phi) is 5.22. The molecule has 0 saturated heterocycles. The predicted molar refractivity (Wildman–Crippen MR) is 108 cm³/mol. The van der Waals surface area contributed by atoms with Crippen molar-refractivity contribution < 1.29 is 13.2 Å². The number of para-hydroxylation sites is 1. The molecule has 0 spiro atoms. The molecule has 0 aliphatic carbocycles. The molecule has 2 aromatic carbocycles. The van der Waals surface area contributed by atoms with Gasteiger partial charge in [-0.3, -0.25) is 4.98 Å². The second kappa shape index (κ2) is 7.98. The Labute approximate surface area is 171 Å². The van der Waals surface area contributed by atoms with Crippen LogP contribution in [-0.2, 0) is 12.7 Å². The van der Waals surface area contributed by atoms with Crippen molar-refractivity contribution in [1.82, 2.24) is 19.7 Å². The Morgan fingerprint density at radius 1 is 1.00 bits per heavy atom. The van der Waals surface area contributed by atoms with E-state index in [1.807, 2.05) is 36.4 Å². The molecule has 1 N–H and O–H groups in total. The predicted octanol–water partition coefficient (Wildman–Crippen LogP) is 5.27. The normalized spacial score (nSPS) is 11.5. The van der Waals surface area contributed by atoms with Gasteiger partial charge >= 0.3 is 6.18 Å². The van der Waals surface area contributed by atoms with Crippen molar-refractivity contribution in [3.63, 3.8) is 0 Å². The molecule has 2 heterocycles. The van der Waals surface area contributed by atoms with Crippen LogP contribution in [0.4, 0.5) is 18.9 Å². The van der Waals surface area contributed by atoms with Crippen LogP contribution in [0.25, 0.3) is 17.1 Å². The van der Waals surface area contributed by atoms with Gasteiger partial charge in [0.05, 0.1) is 11.3 Å². The Balaban J connectivity index is 1.60. The Hall–Kier alpha value is -3.68. The van der Waals surface area contributed by atoms with Crippen molar-refractivity contribution in [2.75, 3.05) is 5.32 Å². The molecule has 0 unspecified atom stereocenters. The molecule has 0 aliphatic rings. The third-order valence-electron chi connectivity index (χ3n) is 4.67. The van der Waals surface area contributed by atoms with Gasteiger partial charge in [0.1, 0.15) is 6.33 Å². The third kappa shape index (κ3) is 4.17. The summed E-state index contributed by atoms with van der Waals surface area (Å²) in [6.07, 6.45) is 0.586. The molecule has 8 heteroatoms. The second-order valence-electron chi connectivity index (χ2n) is 6.76. The molecule has 4 aromatic rings. The number of aryl methyl sites for hydroxylation is 1. The lowest BCUT2D eigenvalue weighted by Gasteiger charge is -2.11. The van der Waals surface area contributed by atoms with E-state index in [2.05, 4.69) is 20.4 Å². The average Bonchev–Trinajstić information content (AvgIpc) is 3.22. The van der Waals surface area contributed by atoms with Crippen LogP contribution in [0.5, 0.6) is 0 Å². The van der Waals surface area contributed by atoms with Gasteiger partial charge in [0.15, 0.2) is 5.82 Å². The highest BCUT2D eigenvalue weighted by Crippen LogP contribution is 2.33. The first kappa shape index (κ1) is 19.6. The van der Waals surface area contributed by atoms with Gasteiger partial charge in [-0.15, -0.1) is 5.10 Å². The van der Waals surface area contributed by atoms with Crippen LogP contribution < -0.4 is 5.32 Å². The fourth-order valence-corrected chi connectivity index (χ4v) is 3.15. The Bertz CT molecular complexity index is 1150. The minimum Gasteiger partial charge on any atom is -0.380 e. The van der Waals surface area contributed by atoms with Crippen LogP contribution >= 0.6 is 0 Å². The Morgan fingerprint density at radius 2 is 1.77 bits per heavy atom. The quantitative estimate of drug-likeness (QED) is 0.488.